The molecule has 0 aliphatic heterocycles. The zero-order valence-electron chi connectivity index (χ0n) is 6.65. The lowest BCUT2D eigenvalue weighted by molar-refractivity contribution is -0.576. The van der Waals surface area contributed by atoms with E-state index in [2.05, 4.69) is 0 Å². The van der Waals surface area contributed by atoms with Crippen molar-refractivity contribution in [3.63, 3.8) is 0 Å². The van der Waals surface area contributed by atoms with Crippen LogP contribution in [0.3, 0.4) is 0 Å². The fourth-order valence-corrected chi connectivity index (χ4v) is 0.800. The third kappa shape index (κ3) is 1.78. The highest BCUT2D eigenvalue weighted by Gasteiger charge is 2.07. The third-order valence-electron chi connectivity index (χ3n) is 1.44. The van der Waals surface area contributed by atoms with Gasteiger partial charge in [0.15, 0.2) is 18.5 Å². The summed E-state index contributed by atoms with van der Waals surface area (Å²) in [5.74, 6) is 1.99. The van der Waals surface area contributed by atoms with Crippen molar-refractivity contribution in [2.45, 2.75) is 0 Å². The van der Waals surface area contributed by atoms with Gasteiger partial charge in [-0.05, 0) is 0 Å². The number of rotatable bonds is 1. The largest absolute Gasteiger partial charge is 0.351 e. The molecule has 1 rings (SSSR count). The first-order valence-electron chi connectivity index (χ1n) is 3.43. The highest BCUT2D eigenvalue weighted by molar-refractivity contribution is 5.80. The second-order valence-corrected chi connectivity index (χ2v) is 2.19. The molecular weight excluding hydrogens is 164 g/mol. The molecule has 0 aliphatic carbocycles. The zero-order chi connectivity index (χ0) is 9.68. The molecule has 0 spiro atoms. The van der Waals surface area contributed by atoms with Gasteiger partial charge in [-0.1, -0.05) is 0 Å². The van der Waals surface area contributed by atoms with Crippen LogP contribution >= 0.6 is 0 Å². The van der Waals surface area contributed by atoms with Crippen molar-refractivity contribution in [1.82, 2.24) is 0 Å². The second-order valence-electron chi connectivity index (χ2n) is 2.19. The summed E-state index contributed by atoms with van der Waals surface area (Å²) in [6.07, 6.45) is 3.08. The van der Waals surface area contributed by atoms with Crippen LogP contribution in [0.15, 0.2) is 24.5 Å². The molecule has 1 aromatic rings. The lowest BCUT2D eigenvalue weighted by Gasteiger charge is -1.87. The maximum absolute atomic E-state index is 8.55. The molecule has 1 heterocycles. The second kappa shape index (κ2) is 3.82. The van der Waals surface area contributed by atoms with E-state index < -0.39 is 0 Å². The fraction of sp³-hybridized carbons (Fsp3) is 0. The standard InChI is InChI=1S/C9H5N4/c10-5-8-1-3-13(4-2-8)9(6-11)7-12/h1-4,11H/q+1. The fourth-order valence-electron chi connectivity index (χ4n) is 0.800. The van der Waals surface area contributed by atoms with E-state index in [1.165, 1.54) is 4.57 Å². The highest BCUT2D eigenvalue weighted by Crippen LogP contribution is 1.92. The molecule has 0 atom stereocenters. The molecule has 0 saturated carbocycles. The van der Waals surface area contributed by atoms with E-state index >= 15 is 0 Å². The first-order chi connectivity index (χ1) is 6.31. The molecule has 0 bridgehead atoms. The summed E-state index contributed by atoms with van der Waals surface area (Å²) in [5.41, 5.74) is 0.600. The Kier molecular flexibility index (Phi) is 2.55. The number of hydrogen-bond acceptors (Lipinski definition) is 3. The summed E-state index contributed by atoms with van der Waals surface area (Å²) >= 11 is 0. The normalized spacial score (nSPS) is 7.85. The number of nitrogens with one attached hydrogen (secondary N) is 1. The molecule has 1 aromatic heterocycles. The Morgan fingerprint density at radius 1 is 1.31 bits per heavy atom. The topological polar surface area (TPSA) is 75.3 Å². The quantitative estimate of drug-likeness (QED) is 0.376. The van der Waals surface area contributed by atoms with Crippen LogP contribution in [0.1, 0.15) is 5.56 Å². The summed E-state index contributed by atoms with van der Waals surface area (Å²) in [6, 6.07) is 6.89. The molecule has 60 valence electrons. The van der Waals surface area contributed by atoms with Gasteiger partial charge in [0, 0.05) is 12.1 Å². The minimum atomic E-state index is 0.0875. The van der Waals surface area contributed by atoms with Gasteiger partial charge in [0.2, 0.25) is 0 Å². The summed E-state index contributed by atoms with van der Waals surface area (Å²) in [6.45, 7) is 0. The predicted octanol–water partition coefficient (Wildman–Crippen LogP) is 0.459. The van der Waals surface area contributed by atoms with Crippen molar-refractivity contribution < 1.29 is 4.57 Å². The Bertz CT molecular complexity index is 438. The number of nitriles is 2. The van der Waals surface area contributed by atoms with Gasteiger partial charge in [-0.15, -0.1) is 4.57 Å². The van der Waals surface area contributed by atoms with Gasteiger partial charge in [-0.2, -0.15) is 10.5 Å². The van der Waals surface area contributed by atoms with E-state index in [0.717, 1.165) is 0 Å². The SMILES string of the molecule is N#CC(=C=N)[n+]1ccc(C#N)cc1. The number of aromatic nitrogens is 1. The zero-order valence-corrected chi connectivity index (χ0v) is 6.65. The first-order valence-corrected chi connectivity index (χ1v) is 3.43. The Morgan fingerprint density at radius 2 is 1.92 bits per heavy atom. The van der Waals surface area contributed by atoms with Crippen LogP contribution in [0.5, 0.6) is 0 Å². The average Bonchev–Trinajstić information content (AvgIpc) is 2.21. The van der Waals surface area contributed by atoms with Crippen molar-refractivity contribution in [2.24, 2.45) is 0 Å². The van der Waals surface area contributed by atoms with Gasteiger partial charge < -0.3 is 0 Å². The monoisotopic (exact) mass is 169 g/mol. The number of allylic oxidation sites excluding steroid dienone is 1. The smallest absolute Gasteiger partial charge is 0.252 e. The Labute approximate surface area is 75.1 Å². The van der Waals surface area contributed by atoms with Crippen LogP contribution in [0, 0.1) is 28.1 Å². The maximum Gasteiger partial charge on any atom is 0.351 e. The lowest BCUT2D eigenvalue weighted by Crippen LogP contribution is -2.30. The lowest BCUT2D eigenvalue weighted by atomic mass is 10.3. The van der Waals surface area contributed by atoms with Gasteiger partial charge in [0.05, 0.1) is 17.5 Å². The van der Waals surface area contributed by atoms with E-state index in [9.17, 15) is 0 Å². The van der Waals surface area contributed by atoms with Crippen molar-refractivity contribution in [1.29, 1.82) is 15.9 Å². The molecule has 0 aromatic carbocycles. The van der Waals surface area contributed by atoms with E-state index in [-0.39, 0.29) is 5.70 Å². The molecule has 4 nitrogen and oxygen atoms in total. The Morgan fingerprint density at radius 3 is 2.31 bits per heavy atom. The summed E-state index contributed by atoms with van der Waals surface area (Å²) in [7, 11) is 0. The number of hydrogen-bond donors (Lipinski definition) is 1. The molecule has 0 unspecified atom stereocenters. The van der Waals surface area contributed by atoms with Gasteiger partial charge in [0.1, 0.15) is 0 Å². The van der Waals surface area contributed by atoms with Gasteiger partial charge in [-0.3, -0.25) is 5.41 Å². The summed E-state index contributed by atoms with van der Waals surface area (Å²) < 4.78 is 1.42. The number of nitrogens with zero attached hydrogens (tertiary/aromatic N) is 3. The van der Waals surface area contributed by atoms with Gasteiger partial charge >= 0.3 is 5.70 Å². The van der Waals surface area contributed by atoms with Crippen LogP contribution in [-0.4, -0.2) is 5.87 Å². The molecule has 0 fully saturated rings. The van der Waals surface area contributed by atoms with E-state index in [1.807, 2.05) is 11.9 Å². The molecule has 13 heavy (non-hydrogen) atoms. The molecule has 4 heteroatoms. The Hall–Kier alpha value is -2.42. The molecule has 1 N–H and O–H groups in total. The average molecular weight is 169 g/mol. The first kappa shape index (κ1) is 8.67. The van der Waals surface area contributed by atoms with E-state index in [4.69, 9.17) is 15.9 Å². The molecule has 0 radical (unpaired) electrons. The van der Waals surface area contributed by atoms with Crippen molar-refractivity contribution in [3.05, 3.63) is 30.1 Å². The van der Waals surface area contributed by atoms with Crippen molar-refractivity contribution in [3.8, 4) is 12.1 Å². The van der Waals surface area contributed by atoms with Crippen LogP contribution < -0.4 is 4.57 Å². The van der Waals surface area contributed by atoms with Crippen LogP contribution in [0.2, 0.25) is 0 Å². The molecule has 0 amide bonds. The molecular formula is C9H5N4+. The van der Waals surface area contributed by atoms with Crippen molar-refractivity contribution in [2.75, 3.05) is 0 Å². The van der Waals surface area contributed by atoms with E-state index in [1.54, 1.807) is 30.6 Å². The molecule has 0 saturated heterocycles. The summed E-state index contributed by atoms with van der Waals surface area (Å²) in [4.78, 5) is 0. The van der Waals surface area contributed by atoms with Gasteiger partial charge in [0.25, 0.3) is 0 Å². The van der Waals surface area contributed by atoms with Crippen LogP contribution in [0.25, 0.3) is 5.70 Å². The van der Waals surface area contributed by atoms with Crippen molar-refractivity contribution >= 4 is 11.6 Å². The predicted molar refractivity (Wildman–Crippen MR) is 44.4 cm³/mol. The van der Waals surface area contributed by atoms with E-state index in [0.29, 0.717) is 5.56 Å². The number of pyridine rings is 1. The van der Waals surface area contributed by atoms with Crippen LogP contribution in [0.4, 0.5) is 0 Å². The highest BCUT2D eigenvalue weighted by atomic mass is 14.9. The molecule has 0 aliphatic rings. The maximum atomic E-state index is 8.55. The van der Waals surface area contributed by atoms with Crippen LogP contribution in [-0.2, 0) is 0 Å². The minimum absolute atomic E-state index is 0.0875. The van der Waals surface area contributed by atoms with Gasteiger partial charge in [-0.25, -0.2) is 0 Å². The summed E-state index contributed by atoms with van der Waals surface area (Å²) in [5, 5.41) is 23.8. The Balaban J connectivity index is 3.16. The third-order valence-corrected chi connectivity index (χ3v) is 1.44. The minimum Gasteiger partial charge on any atom is -0.252 e.